The van der Waals surface area contributed by atoms with Gasteiger partial charge in [-0.2, -0.15) is 5.21 Å². The number of aromatic amines is 1. The fourth-order valence-electron chi connectivity index (χ4n) is 3.38. The standard InChI is InChI=1S/C26H27N5O3/c1-2-3-4-7-17-33-21-15-13-19(14-16-21)26(32)27-23-11-5-6-12-24(23)34-22-10-8-9-20(18-22)25-28-30-31-29-25/h5-6,8-16,18H,2-4,7,17H2,1H3,(H,27,32)(H,28,29,30,31). The molecule has 0 spiro atoms. The van der Waals surface area contributed by atoms with E-state index in [1.54, 1.807) is 24.3 Å². The first-order valence-corrected chi connectivity index (χ1v) is 11.4. The number of tetrazole rings is 1. The van der Waals surface area contributed by atoms with Crippen molar-refractivity contribution in [1.82, 2.24) is 20.6 Å². The lowest BCUT2D eigenvalue weighted by atomic mass is 10.2. The van der Waals surface area contributed by atoms with E-state index in [9.17, 15) is 4.79 Å². The van der Waals surface area contributed by atoms with Crippen LogP contribution in [0.25, 0.3) is 11.4 Å². The van der Waals surface area contributed by atoms with Crippen molar-refractivity contribution in [1.29, 1.82) is 0 Å². The number of para-hydroxylation sites is 2. The van der Waals surface area contributed by atoms with Crippen molar-refractivity contribution in [2.75, 3.05) is 11.9 Å². The largest absolute Gasteiger partial charge is 0.494 e. The Morgan fingerprint density at radius 1 is 0.941 bits per heavy atom. The molecule has 0 aliphatic carbocycles. The second kappa shape index (κ2) is 11.6. The van der Waals surface area contributed by atoms with Gasteiger partial charge in [0, 0.05) is 11.1 Å². The minimum atomic E-state index is -0.230. The molecule has 1 amide bonds. The highest BCUT2D eigenvalue weighted by Gasteiger charge is 2.12. The maximum Gasteiger partial charge on any atom is 0.255 e. The van der Waals surface area contributed by atoms with Gasteiger partial charge < -0.3 is 14.8 Å². The van der Waals surface area contributed by atoms with Gasteiger partial charge in [0.15, 0.2) is 5.75 Å². The molecule has 8 nitrogen and oxygen atoms in total. The molecular formula is C26H27N5O3. The molecule has 4 aromatic rings. The number of hydrogen-bond donors (Lipinski definition) is 2. The van der Waals surface area contributed by atoms with Crippen LogP contribution >= 0.6 is 0 Å². The monoisotopic (exact) mass is 457 g/mol. The number of H-pyrrole nitrogens is 1. The summed E-state index contributed by atoms with van der Waals surface area (Å²) in [6.07, 6.45) is 4.62. The van der Waals surface area contributed by atoms with E-state index in [0.29, 0.717) is 35.2 Å². The molecule has 0 atom stereocenters. The van der Waals surface area contributed by atoms with Crippen LogP contribution in [0.2, 0.25) is 0 Å². The summed E-state index contributed by atoms with van der Waals surface area (Å²) >= 11 is 0. The zero-order valence-electron chi connectivity index (χ0n) is 19.0. The lowest BCUT2D eigenvalue weighted by Gasteiger charge is -2.13. The molecule has 174 valence electrons. The van der Waals surface area contributed by atoms with E-state index >= 15 is 0 Å². The highest BCUT2D eigenvalue weighted by Crippen LogP contribution is 2.31. The summed E-state index contributed by atoms with van der Waals surface area (Å²) in [6.45, 7) is 2.87. The Labute approximate surface area is 198 Å². The third-order valence-corrected chi connectivity index (χ3v) is 5.18. The summed E-state index contributed by atoms with van der Waals surface area (Å²) < 4.78 is 11.8. The normalized spacial score (nSPS) is 10.6. The predicted molar refractivity (Wildman–Crippen MR) is 130 cm³/mol. The van der Waals surface area contributed by atoms with Crippen LogP contribution in [0.1, 0.15) is 43.0 Å². The van der Waals surface area contributed by atoms with Gasteiger partial charge in [-0.15, -0.1) is 10.2 Å². The number of ether oxygens (including phenoxy) is 2. The van der Waals surface area contributed by atoms with E-state index < -0.39 is 0 Å². The Morgan fingerprint density at radius 3 is 2.59 bits per heavy atom. The summed E-state index contributed by atoms with van der Waals surface area (Å²) in [7, 11) is 0. The quantitative estimate of drug-likeness (QED) is 0.273. The first-order chi connectivity index (χ1) is 16.7. The molecule has 1 aromatic heterocycles. The zero-order chi connectivity index (χ0) is 23.6. The van der Waals surface area contributed by atoms with Gasteiger partial charge in [-0.1, -0.05) is 50.5 Å². The molecule has 8 heteroatoms. The number of carbonyl (C=O) groups excluding carboxylic acids is 1. The van der Waals surface area contributed by atoms with E-state index in [1.807, 2.05) is 48.5 Å². The van der Waals surface area contributed by atoms with Crippen LogP contribution in [0.4, 0.5) is 5.69 Å². The molecule has 0 bridgehead atoms. The van der Waals surface area contributed by atoms with Crippen molar-refractivity contribution in [3.8, 4) is 28.6 Å². The van der Waals surface area contributed by atoms with Gasteiger partial charge in [0.25, 0.3) is 5.91 Å². The number of amides is 1. The molecule has 2 N–H and O–H groups in total. The van der Waals surface area contributed by atoms with Crippen molar-refractivity contribution < 1.29 is 14.3 Å². The highest BCUT2D eigenvalue weighted by molar-refractivity contribution is 6.05. The van der Waals surface area contributed by atoms with Crippen LogP contribution < -0.4 is 14.8 Å². The van der Waals surface area contributed by atoms with Crippen molar-refractivity contribution in [2.45, 2.75) is 32.6 Å². The fraction of sp³-hybridized carbons (Fsp3) is 0.231. The number of anilines is 1. The minimum Gasteiger partial charge on any atom is -0.494 e. The number of nitrogens with one attached hydrogen (secondary N) is 2. The maximum atomic E-state index is 12.8. The molecule has 0 fully saturated rings. The Kier molecular flexibility index (Phi) is 7.84. The molecule has 34 heavy (non-hydrogen) atoms. The van der Waals surface area contributed by atoms with Crippen molar-refractivity contribution >= 4 is 11.6 Å². The molecule has 4 rings (SSSR count). The molecule has 0 saturated heterocycles. The predicted octanol–water partition coefficient (Wildman–Crippen LogP) is 5.87. The number of nitrogens with zero attached hydrogens (tertiary/aromatic N) is 3. The lowest BCUT2D eigenvalue weighted by molar-refractivity contribution is 0.102. The smallest absolute Gasteiger partial charge is 0.255 e. The van der Waals surface area contributed by atoms with Crippen LogP contribution in [-0.4, -0.2) is 33.1 Å². The molecule has 0 aliphatic heterocycles. The van der Waals surface area contributed by atoms with Crippen LogP contribution in [0.3, 0.4) is 0 Å². The van der Waals surface area contributed by atoms with Crippen molar-refractivity contribution in [2.24, 2.45) is 0 Å². The Balaban J connectivity index is 1.39. The molecular weight excluding hydrogens is 430 g/mol. The van der Waals surface area contributed by atoms with Crippen LogP contribution in [0.5, 0.6) is 17.2 Å². The van der Waals surface area contributed by atoms with Gasteiger partial charge in [0.2, 0.25) is 5.82 Å². The number of rotatable bonds is 11. The SMILES string of the molecule is CCCCCCOc1ccc(C(=O)Nc2ccccc2Oc2cccc(-c3nn[nH]n3)c2)cc1. The second-order valence-electron chi connectivity index (χ2n) is 7.75. The average Bonchev–Trinajstić information content (AvgIpc) is 3.41. The van der Waals surface area contributed by atoms with E-state index in [4.69, 9.17) is 9.47 Å². The van der Waals surface area contributed by atoms with E-state index in [-0.39, 0.29) is 5.91 Å². The number of benzene rings is 3. The minimum absolute atomic E-state index is 0.230. The molecule has 0 aliphatic rings. The first kappa shape index (κ1) is 23.0. The van der Waals surface area contributed by atoms with Crippen LogP contribution in [0.15, 0.2) is 72.8 Å². The highest BCUT2D eigenvalue weighted by atomic mass is 16.5. The van der Waals surface area contributed by atoms with Crippen molar-refractivity contribution in [3.63, 3.8) is 0 Å². The van der Waals surface area contributed by atoms with Gasteiger partial charge in [-0.25, -0.2) is 0 Å². The van der Waals surface area contributed by atoms with Gasteiger partial charge >= 0.3 is 0 Å². The Hall–Kier alpha value is -4.20. The zero-order valence-corrected chi connectivity index (χ0v) is 19.0. The topological polar surface area (TPSA) is 102 Å². The van der Waals surface area contributed by atoms with Gasteiger partial charge in [0.1, 0.15) is 11.5 Å². The van der Waals surface area contributed by atoms with Gasteiger partial charge in [-0.05, 0) is 60.2 Å². The van der Waals surface area contributed by atoms with Crippen LogP contribution in [-0.2, 0) is 0 Å². The summed E-state index contributed by atoms with van der Waals surface area (Å²) in [6, 6.07) is 21.8. The lowest BCUT2D eigenvalue weighted by Crippen LogP contribution is -2.12. The number of unbranched alkanes of at least 4 members (excludes halogenated alkanes) is 3. The van der Waals surface area contributed by atoms with Crippen LogP contribution in [0, 0.1) is 0 Å². The average molecular weight is 458 g/mol. The first-order valence-electron chi connectivity index (χ1n) is 11.4. The Bertz CT molecular complexity index is 1190. The van der Waals surface area contributed by atoms with Crippen molar-refractivity contribution in [3.05, 3.63) is 78.4 Å². The molecule has 3 aromatic carbocycles. The summed E-state index contributed by atoms with van der Waals surface area (Å²) in [5.74, 6) is 2.11. The van der Waals surface area contributed by atoms with Gasteiger partial charge in [-0.3, -0.25) is 4.79 Å². The number of carbonyl (C=O) groups is 1. The van der Waals surface area contributed by atoms with E-state index in [0.717, 1.165) is 17.7 Å². The second-order valence-corrected chi connectivity index (χ2v) is 7.75. The molecule has 0 radical (unpaired) electrons. The Morgan fingerprint density at radius 2 is 1.79 bits per heavy atom. The maximum absolute atomic E-state index is 12.8. The summed E-state index contributed by atoms with van der Waals surface area (Å²) in [5, 5.41) is 16.9. The summed E-state index contributed by atoms with van der Waals surface area (Å²) in [4.78, 5) is 12.8. The fourth-order valence-corrected chi connectivity index (χ4v) is 3.38. The molecule has 0 unspecified atom stereocenters. The third kappa shape index (κ3) is 6.19. The van der Waals surface area contributed by atoms with E-state index in [2.05, 4.69) is 32.9 Å². The van der Waals surface area contributed by atoms with Gasteiger partial charge in [0.05, 0.1) is 12.3 Å². The number of hydrogen-bond acceptors (Lipinski definition) is 6. The van der Waals surface area contributed by atoms with E-state index in [1.165, 1.54) is 19.3 Å². The third-order valence-electron chi connectivity index (χ3n) is 5.18. The number of aromatic nitrogens is 4. The molecule has 1 heterocycles. The summed E-state index contributed by atoms with van der Waals surface area (Å²) in [5.41, 5.74) is 1.86. The molecule has 0 saturated carbocycles.